The lowest BCUT2D eigenvalue weighted by molar-refractivity contribution is -0.114. The molecule has 0 saturated heterocycles. The molecule has 0 radical (unpaired) electrons. The maximum atomic E-state index is 12.6. The van der Waals surface area contributed by atoms with Crippen LogP contribution in [0.2, 0.25) is 5.02 Å². The van der Waals surface area contributed by atoms with Crippen molar-refractivity contribution in [1.82, 2.24) is 5.01 Å². The van der Waals surface area contributed by atoms with E-state index in [2.05, 4.69) is 10.1 Å². The zero-order chi connectivity index (χ0) is 23.7. The zero-order valence-electron chi connectivity index (χ0n) is 17.8. The number of methoxy groups -OCH3 is 1. The summed E-state index contributed by atoms with van der Waals surface area (Å²) in [5, 5.41) is 15.6. The van der Waals surface area contributed by atoms with Crippen LogP contribution >= 0.6 is 23.4 Å². The standard InChI is InChI=1S/C24H17ClN4O4S/c1-31-20-9-7-14(11-18(20)25)19-10-8-16(33-19)12-17-22(26)29-24(27-23(17)30)34-21(28-29)13-32-15-5-3-2-4-6-15/h2-12,26H,13H2,1H3/b17-12+,26-22?. The summed E-state index contributed by atoms with van der Waals surface area (Å²) in [7, 11) is 1.55. The molecule has 0 atom stereocenters. The van der Waals surface area contributed by atoms with E-state index in [-0.39, 0.29) is 18.0 Å². The summed E-state index contributed by atoms with van der Waals surface area (Å²) >= 11 is 7.41. The lowest BCUT2D eigenvalue weighted by Gasteiger charge is -2.19. The van der Waals surface area contributed by atoms with Gasteiger partial charge in [0.05, 0.1) is 17.7 Å². The monoisotopic (exact) mass is 492 g/mol. The Morgan fingerprint density at radius 2 is 2.00 bits per heavy atom. The Balaban J connectivity index is 1.34. The Morgan fingerprint density at radius 1 is 1.18 bits per heavy atom. The third kappa shape index (κ3) is 4.35. The number of nitrogens with zero attached hydrogens (tertiary/aromatic N) is 3. The maximum absolute atomic E-state index is 12.6. The Kier molecular flexibility index (Phi) is 5.95. The number of carbonyl (C=O) groups is 1. The minimum absolute atomic E-state index is 0.0759. The second-order valence-corrected chi connectivity index (χ2v) is 8.61. The van der Waals surface area contributed by atoms with Gasteiger partial charge in [-0.05, 0) is 60.3 Å². The molecule has 10 heteroatoms. The van der Waals surface area contributed by atoms with Gasteiger partial charge in [0.25, 0.3) is 5.91 Å². The van der Waals surface area contributed by atoms with E-state index in [4.69, 9.17) is 30.9 Å². The first-order valence-electron chi connectivity index (χ1n) is 10.1. The molecule has 0 spiro atoms. The molecule has 0 fully saturated rings. The van der Waals surface area contributed by atoms with Gasteiger partial charge in [0.1, 0.15) is 34.7 Å². The minimum atomic E-state index is -0.533. The van der Waals surface area contributed by atoms with Gasteiger partial charge in [0.2, 0.25) is 5.17 Å². The number of ether oxygens (including phenoxy) is 2. The van der Waals surface area contributed by atoms with Gasteiger partial charge in [-0.3, -0.25) is 10.2 Å². The van der Waals surface area contributed by atoms with Crippen LogP contribution < -0.4 is 9.47 Å². The second kappa shape index (κ2) is 9.20. The number of amides is 1. The lowest BCUT2D eigenvalue weighted by atomic mass is 10.1. The molecule has 34 heavy (non-hydrogen) atoms. The number of hydrogen-bond acceptors (Lipinski definition) is 7. The summed E-state index contributed by atoms with van der Waals surface area (Å²) in [5.41, 5.74) is 0.830. The number of furan rings is 1. The quantitative estimate of drug-likeness (QED) is 0.468. The highest BCUT2D eigenvalue weighted by Crippen LogP contribution is 2.32. The third-order valence-corrected chi connectivity index (χ3v) is 6.13. The summed E-state index contributed by atoms with van der Waals surface area (Å²) in [5.74, 6) is 1.61. The summed E-state index contributed by atoms with van der Waals surface area (Å²) < 4.78 is 16.8. The van der Waals surface area contributed by atoms with Crippen molar-refractivity contribution in [3.05, 3.63) is 77.0 Å². The first kappa shape index (κ1) is 22.0. The Labute approximate surface area is 204 Å². The van der Waals surface area contributed by atoms with Crippen LogP contribution in [0.15, 0.2) is 80.7 Å². The van der Waals surface area contributed by atoms with Gasteiger partial charge in [-0.2, -0.15) is 15.1 Å². The molecular formula is C24H17ClN4O4S. The van der Waals surface area contributed by atoms with Gasteiger partial charge in [0.15, 0.2) is 5.84 Å². The highest BCUT2D eigenvalue weighted by Gasteiger charge is 2.36. The van der Waals surface area contributed by atoms with E-state index in [9.17, 15) is 4.79 Å². The molecule has 1 amide bonds. The largest absolute Gasteiger partial charge is 0.495 e. The van der Waals surface area contributed by atoms with Gasteiger partial charge in [-0.25, -0.2) is 0 Å². The van der Waals surface area contributed by atoms with E-state index in [1.54, 1.807) is 31.4 Å². The number of halogens is 1. The molecule has 5 rings (SSSR count). The number of fused-ring (bicyclic) bond motifs is 1. The van der Waals surface area contributed by atoms with E-state index in [1.807, 2.05) is 36.4 Å². The molecule has 170 valence electrons. The maximum Gasteiger partial charge on any atom is 0.283 e. The topological polar surface area (TPSA) is 100 Å². The molecule has 0 unspecified atom stereocenters. The fourth-order valence-corrected chi connectivity index (χ4v) is 4.36. The number of rotatable bonds is 6. The van der Waals surface area contributed by atoms with Crippen molar-refractivity contribution >= 4 is 51.4 Å². The molecule has 1 aromatic heterocycles. The molecule has 1 N–H and O–H groups in total. The summed E-state index contributed by atoms with van der Waals surface area (Å²) in [4.78, 5) is 16.7. The van der Waals surface area contributed by atoms with Crippen molar-refractivity contribution in [3.8, 4) is 22.8 Å². The highest BCUT2D eigenvalue weighted by molar-refractivity contribution is 8.27. The van der Waals surface area contributed by atoms with Crippen LogP contribution in [0.5, 0.6) is 11.5 Å². The molecule has 0 saturated carbocycles. The smallest absolute Gasteiger partial charge is 0.283 e. The molecule has 3 heterocycles. The Morgan fingerprint density at radius 3 is 2.76 bits per heavy atom. The fraction of sp³-hybridized carbons (Fsp3) is 0.0833. The summed E-state index contributed by atoms with van der Waals surface area (Å²) in [6, 6.07) is 18.1. The third-order valence-electron chi connectivity index (χ3n) is 4.95. The molecule has 2 aliphatic heterocycles. The van der Waals surface area contributed by atoms with Crippen LogP contribution in [-0.2, 0) is 4.79 Å². The van der Waals surface area contributed by atoms with E-state index < -0.39 is 5.91 Å². The average Bonchev–Trinajstić information content (AvgIpc) is 3.48. The van der Waals surface area contributed by atoms with Gasteiger partial charge in [0, 0.05) is 5.56 Å². The SMILES string of the molecule is COc1ccc(-c2ccc(/C=C3\C(=N)N4N=C(COc5ccccc5)SC4=NC3=O)o2)cc1Cl. The van der Waals surface area contributed by atoms with Gasteiger partial charge >= 0.3 is 0 Å². The molecule has 0 bridgehead atoms. The van der Waals surface area contributed by atoms with Crippen LogP contribution in [0.1, 0.15) is 5.76 Å². The van der Waals surface area contributed by atoms with Crippen molar-refractivity contribution in [3.63, 3.8) is 0 Å². The number of aliphatic imine (C=N–C) groups is 1. The van der Waals surface area contributed by atoms with Gasteiger partial charge in [-0.15, -0.1) is 0 Å². The first-order chi connectivity index (χ1) is 16.5. The van der Waals surface area contributed by atoms with E-state index in [0.717, 1.165) is 5.56 Å². The fourth-order valence-electron chi connectivity index (χ4n) is 3.30. The lowest BCUT2D eigenvalue weighted by Crippen LogP contribution is -2.35. The second-order valence-electron chi connectivity index (χ2n) is 7.17. The van der Waals surface area contributed by atoms with Crippen molar-refractivity contribution in [2.24, 2.45) is 10.1 Å². The van der Waals surface area contributed by atoms with E-state index >= 15 is 0 Å². The highest BCUT2D eigenvalue weighted by atomic mass is 35.5. The predicted octanol–water partition coefficient (Wildman–Crippen LogP) is 5.31. The summed E-state index contributed by atoms with van der Waals surface area (Å²) in [6.45, 7) is 0.205. The number of nitrogens with one attached hydrogen (secondary N) is 1. The molecule has 3 aromatic rings. The predicted molar refractivity (Wildman–Crippen MR) is 133 cm³/mol. The first-order valence-corrected chi connectivity index (χ1v) is 11.3. The van der Waals surface area contributed by atoms with Crippen LogP contribution in [0.3, 0.4) is 0 Å². The van der Waals surface area contributed by atoms with Crippen molar-refractivity contribution < 1.29 is 18.7 Å². The van der Waals surface area contributed by atoms with Crippen LogP contribution in [0, 0.1) is 5.41 Å². The van der Waals surface area contributed by atoms with E-state index in [0.29, 0.717) is 38.3 Å². The molecular weight excluding hydrogens is 476 g/mol. The van der Waals surface area contributed by atoms with Crippen molar-refractivity contribution in [1.29, 1.82) is 5.41 Å². The number of amidine groups is 2. The number of benzene rings is 2. The van der Waals surface area contributed by atoms with Gasteiger partial charge < -0.3 is 13.9 Å². The van der Waals surface area contributed by atoms with Crippen molar-refractivity contribution in [2.45, 2.75) is 0 Å². The van der Waals surface area contributed by atoms with Crippen LogP contribution in [0.4, 0.5) is 0 Å². The van der Waals surface area contributed by atoms with Crippen LogP contribution in [0.25, 0.3) is 17.4 Å². The zero-order valence-corrected chi connectivity index (χ0v) is 19.4. The van der Waals surface area contributed by atoms with E-state index in [1.165, 1.54) is 22.8 Å². The minimum Gasteiger partial charge on any atom is -0.495 e. The van der Waals surface area contributed by atoms with Gasteiger partial charge in [-0.1, -0.05) is 29.8 Å². The number of carbonyl (C=O) groups excluding carboxylic acids is 1. The van der Waals surface area contributed by atoms with Crippen LogP contribution in [-0.4, -0.2) is 40.7 Å². The normalized spacial score (nSPS) is 16.4. The number of para-hydroxylation sites is 1. The molecule has 8 nitrogen and oxygen atoms in total. The molecule has 2 aromatic carbocycles. The average molecular weight is 493 g/mol. The Bertz CT molecular complexity index is 1380. The summed E-state index contributed by atoms with van der Waals surface area (Å²) in [6.07, 6.45) is 1.48. The molecule has 0 aliphatic carbocycles. The van der Waals surface area contributed by atoms with Crippen molar-refractivity contribution in [2.75, 3.05) is 13.7 Å². The number of hydrazone groups is 1. The Hall–Kier alpha value is -3.82. The number of thioether (sulfide) groups is 1. The number of hydrogen-bond donors (Lipinski definition) is 1. The molecule has 2 aliphatic rings.